The summed E-state index contributed by atoms with van der Waals surface area (Å²) >= 11 is 5.94. The van der Waals surface area contributed by atoms with Crippen LogP contribution in [0.4, 0.5) is 4.79 Å². The van der Waals surface area contributed by atoms with Gasteiger partial charge in [-0.05, 0) is 88.7 Å². The highest BCUT2D eigenvalue weighted by Gasteiger charge is 2.50. The maximum Gasteiger partial charge on any atom is 0.410 e. The first-order chi connectivity index (χ1) is 15.4. The molecule has 0 saturated carbocycles. The third-order valence-electron chi connectivity index (χ3n) is 7.72. The number of fused-ring (bicyclic) bond motifs is 2. The Kier molecular flexibility index (Phi) is 6.40. The lowest BCUT2D eigenvalue weighted by Gasteiger charge is -2.40. The van der Waals surface area contributed by atoms with Gasteiger partial charge in [0.1, 0.15) is 6.10 Å². The lowest BCUT2D eigenvalue weighted by atomic mass is 10.0. The van der Waals surface area contributed by atoms with Crippen molar-refractivity contribution >= 4 is 27.7 Å². The molecule has 3 atom stereocenters. The summed E-state index contributed by atoms with van der Waals surface area (Å²) in [6, 6.07) is 6.57. The molecule has 5 rings (SSSR count). The number of sulfonamides is 1. The Morgan fingerprint density at radius 2 is 1.53 bits per heavy atom. The first-order valence-corrected chi connectivity index (χ1v) is 13.7. The van der Waals surface area contributed by atoms with E-state index in [2.05, 4.69) is 4.90 Å². The largest absolute Gasteiger partial charge is 0.444 e. The number of hydrogen-bond donors (Lipinski definition) is 0. The van der Waals surface area contributed by atoms with Crippen molar-refractivity contribution in [3.05, 3.63) is 29.3 Å². The smallest absolute Gasteiger partial charge is 0.410 e. The van der Waals surface area contributed by atoms with Crippen molar-refractivity contribution in [1.29, 1.82) is 0 Å². The van der Waals surface area contributed by atoms with E-state index in [0.717, 1.165) is 38.5 Å². The summed E-state index contributed by atoms with van der Waals surface area (Å²) in [4.78, 5) is 17.6. The molecule has 4 fully saturated rings. The lowest BCUT2D eigenvalue weighted by Crippen LogP contribution is -2.53. The van der Waals surface area contributed by atoms with Gasteiger partial charge in [-0.2, -0.15) is 4.31 Å². The number of likely N-dealkylation sites (tertiary alicyclic amines) is 2. The van der Waals surface area contributed by atoms with Crippen LogP contribution in [0.2, 0.25) is 5.02 Å². The summed E-state index contributed by atoms with van der Waals surface area (Å²) < 4.78 is 34.3. The Hall–Kier alpha value is -1.35. The molecule has 2 unspecified atom stereocenters. The number of halogens is 1. The van der Waals surface area contributed by atoms with Crippen molar-refractivity contribution in [3.63, 3.8) is 0 Å². The number of hydrogen-bond acceptors (Lipinski definition) is 5. The molecule has 0 radical (unpaired) electrons. The quantitative estimate of drug-likeness (QED) is 0.655. The van der Waals surface area contributed by atoms with Gasteiger partial charge in [0.25, 0.3) is 0 Å². The minimum absolute atomic E-state index is 0.0214. The predicted molar refractivity (Wildman–Crippen MR) is 122 cm³/mol. The van der Waals surface area contributed by atoms with Gasteiger partial charge in [-0.1, -0.05) is 11.6 Å². The highest BCUT2D eigenvalue weighted by Crippen LogP contribution is 2.41. The molecule has 32 heavy (non-hydrogen) atoms. The van der Waals surface area contributed by atoms with Gasteiger partial charge in [0, 0.05) is 30.2 Å². The van der Waals surface area contributed by atoms with Crippen molar-refractivity contribution in [1.82, 2.24) is 14.1 Å². The lowest BCUT2D eigenvalue weighted by molar-refractivity contribution is 0.00486. The maximum absolute atomic E-state index is 13.4. The minimum Gasteiger partial charge on any atom is -0.444 e. The molecule has 0 spiro atoms. The van der Waals surface area contributed by atoms with Gasteiger partial charge < -0.3 is 14.5 Å². The van der Waals surface area contributed by atoms with Crippen LogP contribution in [0.5, 0.6) is 0 Å². The van der Waals surface area contributed by atoms with Gasteiger partial charge in [0.05, 0.1) is 10.9 Å². The average Bonchev–Trinajstić information content (AvgIpc) is 3.44. The first-order valence-electron chi connectivity index (χ1n) is 11.9. The van der Waals surface area contributed by atoms with Gasteiger partial charge in [-0.3, -0.25) is 0 Å². The average molecular weight is 482 g/mol. The molecular formula is C23H32ClN3O4S. The number of benzene rings is 1. The molecule has 4 aliphatic heterocycles. The summed E-state index contributed by atoms with van der Waals surface area (Å²) in [5, 5.41) is 0.505. The van der Waals surface area contributed by atoms with Crippen LogP contribution in [-0.2, 0) is 14.8 Å². The Morgan fingerprint density at radius 3 is 2.22 bits per heavy atom. The van der Waals surface area contributed by atoms with E-state index in [9.17, 15) is 13.2 Å². The maximum atomic E-state index is 13.4. The van der Waals surface area contributed by atoms with Crippen LogP contribution in [0.1, 0.15) is 51.4 Å². The number of carbonyl (C=O) groups excluding carboxylic acids is 1. The molecule has 176 valence electrons. The standard InChI is InChI=1S/C23H32ClN3O4S/c24-17-3-7-20(8-4-17)32(29,30)27-19-5-9-21(27)22(10-6-19)31-23(28)26-15-11-18(12-16-26)25-13-1-2-14-25/h3-4,7-8,18-19,21-22H,1-2,5-6,9-16H2/t19?,21?,22-/m0/s1. The SMILES string of the molecule is O=C(O[C@H]1CCC2CCC1N2S(=O)(=O)c1ccc(Cl)cc1)N1CCC(N2CCCC2)CC1. The van der Waals surface area contributed by atoms with E-state index in [1.807, 2.05) is 4.90 Å². The number of rotatable bonds is 4. The molecule has 1 amide bonds. The molecule has 9 heteroatoms. The second-order valence-electron chi connectivity index (χ2n) is 9.55. The van der Waals surface area contributed by atoms with Crippen molar-refractivity contribution in [3.8, 4) is 0 Å². The first kappa shape index (κ1) is 22.4. The zero-order chi connectivity index (χ0) is 22.3. The molecule has 0 N–H and O–H groups in total. The van der Waals surface area contributed by atoms with Gasteiger partial charge in [-0.15, -0.1) is 0 Å². The highest BCUT2D eigenvalue weighted by atomic mass is 35.5. The van der Waals surface area contributed by atoms with Gasteiger partial charge in [-0.25, -0.2) is 13.2 Å². The Labute approximate surface area is 195 Å². The van der Waals surface area contributed by atoms with Crippen LogP contribution < -0.4 is 0 Å². The second kappa shape index (κ2) is 9.12. The summed E-state index contributed by atoms with van der Waals surface area (Å²) in [5.74, 6) is 0. The molecule has 0 aromatic heterocycles. The van der Waals surface area contributed by atoms with E-state index in [1.54, 1.807) is 28.6 Å². The number of carbonyl (C=O) groups is 1. The van der Waals surface area contributed by atoms with Crippen molar-refractivity contribution in [2.45, 2.75) is 80.5 Å². The van der Waals surface area contributed by atoms with E-state index >= 15 is 0 Å². The summed E-state index contributed by atoms with van der Waals surface area (Å²) in [6.07, 6.45) is 6.84. The highest BCUT2D eigenvalue weighted by molar-refractivity contribution is 7.89. The molecular weight excluding hydrogens is 450 g/mol. The van der Waals surface area contributed by atoms with Crippen LogP contribution in [0, 0.1) is 0 Å². The van der Waals surface area contributed by atoms with Gasteiger partial charge in [0.2, 0.25) is 10.0 Å². The van der Waals surface area contributed by atoms with Crippen LogP contribution in [-0.4, -0.2) is 79.0 Å². The molecule has 1 aromatic carbocycles. The number of piperidine rings is 2. The minimum atomic E-state index is -3.66. The zero-order valence-corrected chi connectivity index (χ0v) is 19.9. The van der Waals surface area contributed by atoms with E-state index in [-0.39, 0.29) is 29.2 Å². The van der Waals surface area contributed by atoms with E-state index in [0.29, 0.717) is 24.2 Å². The van der Waals surface area contributed by atoms with E-state index < -0.39 is 10.0 Å². The fraction of sp³-hybridized carbons (Fsp3) is 0.696. The van der Waals surface area contributed by atoms with Crippen molar-refractivity contribution in [2.24, 2.45) is 0 Å². The van der Waals surface area contributed by atoms with E-state index in [1.165, 1.54) is 25.9 Å². The molecule has 2 bridgehead atoms. The monoisotopic (exact) mass is 481 g/mol. The molecule has 4 aliphatic rings. The summed E-state index contributed by atoms with van der Waals surface area (Å²) in [7, 11) is -3.66. The molecule has 4 heterocycles. The van der Waals surface area contributed by atoms with Gasteiger partial charge >= 0.3 is 6.09 Å². The fourth-order valence-corrected chi connectivity index (χ4v) is 8.07. The van der Waals surface area contributed by atoms with Crippen LogP contribution >= 0.6 is 11.6 Å². The van der Waals surface area contributed by atoms with Crippen LogP contribution in [0.25, 0.3) is 0 Å². The summed E-state index contributed by atoms with van der Waals surface area (Å²) in [6.45, 7) is 3.79. The third-order valence-corrected chi connectivity index (χ3v) is 9.96. The third kappa shape index (κ3) is 4.27. The normalized spacial score (nSPS) is 30.0. The van der Waals surface area contributed by atoms with E-state index in [4.69, 9.17) is 16.3 Å². The van der Waals surface area contributed by atoms with Crippen molar-refractivity contribution in [2.75, 3.05) is 26.2 Å². The molecule has 1 aromatic rings. The number of nitrogens with zero attached hydrogens (tertiary/aromatic N) is 3. The fourth-order valence-electron chi connectivity index (χ4n) is 6.02. The second-order valence-corrected chi connectivity index (χ2v) is 11.8. The molecule has 4 saturated heterocycles. The Morgan fingerprint density at radius 1 is 0.875 bits per heavy atom. The Bertz CT molecular complexity index is 927. The summed E-state index contributed by atoms with van der Waals surface area (Å²) in [5.41, 5.74) is 0. The number of amides is 1. The number of ether oxygens (including phenoxy) is 1. The topological polar surface area (TPSA) is 70.2 Å². The van der Waals surface area contributed by atoms with Crippen LogP contribution in [0.3, 0.4) is 0 Å². The Balaban J connectivity index is 1.23. The predicted octanol–water partition coefficient (Wildman–Crippen LogP) is 3.72. The van der Waals surface area contributed by atoms with Gasteiger partial charge in [0.15, 0.2) is 0 Å². The van der Waals surface area contributed by atoms with Crippen LogP contribution in [0.15, 0.2) is 29.2 Å². The zero-order valence-electron chi connectivity index (χ0n) is 18.4. The molecule has 7 nitrogen and oxygen atoms in total. The molecule has 0 aliphatic carbocycles. The van der Waals surface area contributed by atoms with Crippen molar-refractivity contribution < 1.29 is 17.9 Å².